The van der Waals surface area contributed by atoms with Gasteiger partial charge in [0.05, 0.1) is 0 Å². The van der Waals surface area contributed by atoms with Crippen LogP contribution >= 0.6 is 33.1 Å². The Morgan fingerprint density at radius 1 is 1.06 bits per heavy atom. The van der Waals surface area contributed by atoms with Crippen molar-refractivity contribution in [1.29, 1.82) is 0 Å². The van der Waals surface area contributed by atoms with E-state index in [0.717, 1.165) is 11.5 Å². The van der Waals surface area contributed by atoms with Gasteiger partial charge in [-0.3, -0.25) is 0 Å². The Kier molecular flexibility index (Phi) is 13.0. The van der Waals surface area contributed by atoms with E-state index in [1.807, 2.05) is 23.5 Å². The fraction of sp³-hybridized carbons (Fsp3) is 0.500. The molecule has 0 unspecified atom stereocenters. The molecule has 0 atom stereocenters. The van der Waals surface area contributed by atoms with Crippen molar-refractivity contribution in [3.05, 3.63) is 35.4 Å². The van der Waals surface area contributed by atoms with Crippen molar-refractivity contribution in [2.45, 2.75) is 25.4 Å². The van der Waals surface area contributed by atoms with E-state index in [4.69, 9.17) is 0 Å². The summed E-state index contributed by atoms with van der Waals surface area (Å²) in [6, 6.07) is 9.96. The fourth-order valence-corrected chi connectivity index (χ4v) is 2.35. The fourth-order valence-electron chi connectivity index (χ4n) is 1.16. The average Bonchev–Trinajstić information content (AvgIpc) is 2.37. The Balaban J connectivity index is 0.00000106. The van der Waals surface area contributed by atoms with Crippen LogP contribution < -0.4 is 0 Å². The molecule has 16 heavy (non-hydrogen) atoms. The Morgan fingerprint density at radius 2 is 1.50 bits per heavy atom. The molecule has 0 N–H and O–H groups in total. The predicted molar refractivity (Wildman–Crippen MR) is 74.8 cm³/mol. The van der Waals surface area contributed by atoms with Gasteiger partial charge >= 0.3 is 27.7 Å². The van der Waals surface area contributed by atoms with Crippen LogP contribution in [0.5, 0.6) is 0 Å². The standard InChI is InChI=1S/C12H17S2.ClH.Pd/c1-3-13-9-11-6-5-7-12(8-11)10-14-4-2;;/h5-7H,3-4,9-10H2,1-2H3;1H;/q-1;;+2/p-1. The van der Waals surface area contributed by atoms with Crippen molar-refractivity contribution < 1.29 is 18.2 Å². The molecule has 0 aliphatic carbocycles. The molecule has 1 aromatic carbocycles. The molecule has 0 aliphatic rings. The number of benzene rings is 1. The van der Waals surface area contributed by atoms with Gasteiger partial charge in [0.1, 0.15) is 0 Å². The topological polar surface area (TPSA) is 0 Å². The molecule has 0 saturated carbocycles. The van der Waals surface area contributed by atoms with Gasteiger partial charge < -0.3 is 0 Å². The first-order valence-electron chi connectivity index (χ1n) is 5.14. The van der Waals surface area contributed by atoms with Crippen molar-refractivity contribution in [3.63, 3.8) is 0 Å². The second-order valence-electron chi connectivity index (χ2n) is 2.98. The SMILES string of the molecule is CCSCc1[c-]c(CSCC)ccc1.[Cl][Pd+]. The Morgan fingerprint density at radius 3 is 1.88 bits per heavy atom. The summed E-state index contributed by atoms with van der Waals surface area (Å²) >= 11 is 6.13. The summed E-state index contributed by atoms with van der Waals surface area (Å²) in [4.78, 5) is 0. The molecule has 0 radical (unpaired) electrons. The van der Waals surface area contributed by atoms with Gasteiger partial charge in [0.25, 0.3) is 0 Å². The second-order valence-corrected chi connectivity index (χ2v) is 5.52. The van der Waals surface area contributed by atoms with Crippen LogP contribution in [0.25, 0.3) is 0 Å². The maximum atomic E-state index is 4.49. The number of thioether (sulfide) groups is 2. The molecule has 0 aliphatic heterocycles. The number of hydrogen-bond acceptors (Lipinski definition) is 2. The van der Waals surface area contributed by atoms with Crippen molar-refractivity contribution in [3.8, 4) is 0 Å². The summed E-state index contributed by atoms with van der Waals surface area (Å²) in [7, 11) is 4.49. The third-order valence-electron chi connectivity index (χ3n) is 1.84. The normalized spacial score (nSPS) is 9.56. The molecule has 0 aromatic heterocycles. The van der Waals surface area contributed by atoms with E-state index >= 15 is 0 Å². The first-order valence-corrected chi connectivity index (χ1v) is 9.45. The van der Waals surface area contributed by atoms with Gasteiger partial charge in [-0.1, -0.05) is 13.8 Å². The van der Waals surface area contributed by atoms with E-state index in [1.54, 1.807) is 0 Å². The zero-order valence-corrected chi connectivity index (χ0v) is 13.5. The van der Waals surface area contributed by atoms with E-state index in [-0.39, 0.29) is 0 Å². The number of hydrogen-bond donors (Lipinski definition) is 0. The first-order chi connectivity index (χ1) is 7.86. The third kappa shape index (κ3) is 8.04. The van der Waals surface area contributed by atoms with E-state index in [2.05, 4.69) is 65.8 Å². The molecule has 0 nitrogen and oxygen atoms in total. The molecule has 0 bridgehead atoms. The van der Waals surface area contributed by atoms with Crippen molar-refractivity contribution >= 4 is 33.1 Å². The van der Waals surface area contributed by atoms with Crippen LogP contribution in [0, 0.1) is 6.07 Å². The first kappa shape index (κ1) is 16.9. The van der Waals surface area contributed by atoms with Crippen LogP contribution in [0.2, 0.25) is 0 Å². The molecule has 1 rings (SSSR count). The van der Waals surface area contributed by atoms with Gasteiger partial charge in [0, 0.05) is 0 Å². The molecule has 1 aromatic rings. The molecule has 4 heteroatoms. The molecule has 0 amide bonds. The summed E-state index contributed by atoms with van der Waals surface area (Å²) in [6.07, 6.45) is 0. The summed E-state index contributed by atoms with van der Waals surface area (Å²) in [5, 5.41) is 0. The molecular weight excluding hydrogens is 350 g/mol. The van der Waals surface area contributed by atoms with Crippen LogP contribution in [0.15, 0.2) is 18.2 Å². The third-order valence-corrected chi connectivity index (χ3v) is 3.69. The van der Waals surface area contributed by atoms with E-state index in [0.29, 0.717) is 0 Å². The quantitative estimate of drug-likeness (QED) is 0.529. The Hall–Kier alpha value is 0.872. The molecule has 0 fully saturated rings. The summed E-state index contributed by atoms with van der Waals surface area (Å²) in [5.74, 6) is 4.56. The molecule has 0 saturated heterocycles. The predicted octanol–water partition coefficient (Wildman–Crippen LogP) is 4.68. The molecular formula is C12H17ClPdS2. The van der Waals surface area contributed by atoms with Gasteiger partial charge in [-0.2, -0.15) is 58.9 Å². The van der Waals surface area contributed by atoms with Crippen LogP contribution in [-0.2, 0) is 29.7 Å². The van der Waals surface area contributed by atoms with Crippen molar-refractivity contribution in [1.82, 2.24) is 0 Å². The summed E-state index contributed by atoms with van der Waals surface area (Å²) in [5.41, 5.74) is 2.68. The number of halogens is 1. The van der Waals surface area contributed by atoms with Crippen LogP contribution in [0.3, 0.4) is 0 Å². The monoisotopic (exact) mass is 366 g/mol. The van der Waals surface area contributed by atoms with Crippen LogP contribution in [0.4, 0.5) is 0 Å². The molecule has 0 heterocycles. The van der Waals surface area contributed by atoms with E-state index in [1.165, 1.54) is 22.6 Å². The van der Waals surface area contributed by atoms with Crippen molar-refractivity contribution in [2.75, 3.05) is 11.5 Å². The Bertz CT molecular complexity index is 246. The zero-order chi connectivity index (χ0) is 12.2. The summed E-state index contributed by atoms with van der Waals surface area (Å²) in [6.45, 7) is 4.39. The summed E-state index contributed by atoms with van der Waals surface area (Å²) < 4.78 is 0. The van der Waals surface area contributed by atoms with Gasteiger partial charge in [0.15, 0.2) is 0 Å². The van der Waals surface area contributed by atoms with Gasteiger partial charge in [-0.25, -0.2) is 0 Å². The second kappa shape index (κ2) is 12.3. The molecule has 0 spiro atoms. The van der Waals surface area contributed by atoms with Crippen LogP contribution in [0.1, 0.15) is 25.0 Å². The number of rotatable bonds is 6. The minimum atomic E-state index is 1.10. The van der Waals surface area contributed by atoms with E-state index < -0.39 is 0 Å². The zero-order valence-electron chi connectivity index (χ0n) is 9.57. The van der Waals surface area contributed by atoms with Crippen LogP contribution in [-0.4, -0.2) is 11.5 Å². The average molecular weight is 367 g/mol. The van der Waals surface area contributed by atoms with E-state index in [9.17, 15) is 0 Å². The van der Waals surface area contributed by atoms with Gasteiger partial charge in [0.2, 0.25) is 0 Å². The van der Waals surface area contributed by atoms with Gasteiger partial charge in [-0.15, -0.1) is 0 Å². The Labute approximate surface area is 123 Å². The minimum absolute atomic E-state index is 1.10. The molecule has 94 valence electrons. The van der Waals surface area contributed by atoms with Crippen molar-refractivity contribution in [2.24, 2.45) is 0 Å². The maximum absolute atomic E-state index is 4.49. The van der Waals surface area contributed by atoms with Gasteiger partial charge in [-0.05, 0) is 23.0 Å².